The number of anilines is 1. The minimum Gasteiger partial charge on any atom is -0.367 e. The highest BCUT2D eigenvalue weighted by Gasteiger charge is 2.43. The van der Waals surface area contributed by atoms with Gasteiger partial charge in [-0.1, -0.05) is 12.1 Å². The van der Waals surface area contributed by atoms with Gasteiger partial charge < -0.3 is 20.7 Å². The summed E-state index contributed by atoms with van der Waals surface area (Å²) >= 11 is 1.78. The van der Waals surface area contributed by atoms with Gasteiger partial charge in [0.1, 0.15) is 18.1 Å². The molecule has 5 rings (SSSR count). The van der Waals surface area contributed by atoms with Gasteiger partial charge in [0.25, 0.3) is 11.8 Å². The summed E-state index contributed by atoms with van der Waals surface area (Å²) in [6.07, 6.45) is 2.67. The van der Waals surface area contributed by atoms with E-state index in [0.29, 0.717) is 38.5 Å². The lowest BCUT2D eigenvalue weighted by Gasteiger charge is -2.36. The predicted octanol–water partition coefficient (Wildman–Crippen LogP) is 2.27. The van der Waals surface area contributed by atoms with Gasteiger partial charge in [0.2, 0.25) is 5.91 Å². The Labute approximate surface area is 249 Å². The van der Waals surface area contributed by atoms with Crippen molar-refractivity contribution in [1.82, 2.24) is 19.4 Å². The van der Waals surface area contributed by atoms with E-state index in [0.717, 1.165) is 43.4 Å². The standard InChI is InChI=1S/C30H37FN6O4S/c1-33-28(39)26(6-3-15-38)37-29(40)23-17-25(31)27(18-24(23)30(37)41)35-13-11-34(12-14-35)19-20-4-2-5-22(16-20)42-36-9-7-21(32)8-10-36/h2,4-5,15-18,21,26H,3,6-14,19,32H2,1H3,(H,33,39). The van der Waals surface area contributed by atoms with Gasteiger partial charge in [0, 0.05) is 70.2 Å². The van der Waals surface area contributed by atoms with Gasteiger partial charge in [-0.3, -0.25) is 24.2 Å². The van der Waals surface area contributed by atoms with E-state index < -0.39 is 29.6 Å². The molecule has 3 heterocycles. The van der Waals surface area contributed by atoms with Crippen LogP contribution in [0.2, 0.25) is 0 Å². The van der Waals surface area contributed by atoms with Crippen molar-refractivity contribution in [2.75, 3.05) is 51.2 Å². The average molecular weight is 597 g/mol. The van der Waals surface area contributed by atoms with Crippen molar-refractivity contribution in [3.8, 4) is 0 Å². The van der Waals surface area contributed by atoms with Gasteiger partial charge in [-0.25, -0.2) is 8.70 Å². The average Bonchev–Trinajstić information content (AvgIpc) is 3.23. The van der Waals surface area contributed by atoms with Crippen molar-refractivity contribution < 1.29 is 23.6 Å². The van der Waals surface area contributed by atoms with Crippen molar-refractivity contribution in [2.24, 2.45) is 5.73 Å². The molecule has 0 aliphatic carbocycles. The van der Waals surface area contributed by atoms with Crippen molar-refractivity contribution in [3.05, 3.63) is 58.9 Å². The third-order valence-corrected chi connectivity index (χ3v) is 9.24. The van der Waals surface area contributed by atoms with Gasteiger partial charge >= 0.3 is 0 Å². The molecule has 2 aromatic rings. The number of carbonyl (C=O) groups excluding carboxylic acids is 4. The zero-order valence-corrected chi connectivity index (χ0v) is 24.6. The molecule has 224 valence electrons. The lowest BCUT2D eigenvalue weighted by atomic mass is 10.1. The van der Waals surface area contributed by atoms with E-state index in [1.54, 1.807) is 11.9 Å². The molecule has 0 bridgehead atoms. The number of imide groups is 1. The number of fused-ring (bicyclic) bond motifs is 1. The minimum atomic E-state index is -1.14. The zero-order valence-electron chi connectivity index (χ0n) is 23.8. The Morgan fingerprint density at radius 1 is 1.07 bits per heavy atom. The van der Waals surface area contributed by atoms with Crippen LogP contribution in [0.15, 0.2) is 41.3 Å². The first-order valence-electron chi connectivity index (χ1n) is 14.4. The highest BCUT2D eigenvalue weighted by Crippen LogP contribution is 2.33. The molecule has 0 saturated carbocycles. The molecule has 1 unspecified atom stereocenters. The molecule has 0 spiro atoms. The molecular formula is C30H37FN6O4S. The second-order valence-corrected chi connectivity index (χ2v) is 12.1. The highest BCUT2D eigenvalue weighted by molar-refractivity contribution is 7.97. The van der Waals surface area contributed by atoms with Gasteiger partial charge in [0.05, 0.1) is 16.8 Å². The summed E-state index contributed by atoms with van der Waals surface area (Å²) < 4.78 is 17.7. The number of amides is 3. The van der Waals surface area contributed by atoms with E-state index in [-0.39, 0.29) is 29.7 Å². The number of halogens is 1. The molecule has 2 fully saturated rings. The quantitative estimate of drug-likeness (QED) is 0.242. The largest absolute Gasteiger partial charge is 0.367 e. The number of rotatable bonds is 10. The number of hydrogen-bond donors (Lipinski definition) is 2. The summed E-state index contributed by atoms with van der Waals surface area (Å²) in [6, 6.07) is 10.2. The third kappa shape index (κ3) is 6.51. The first kappa shape index (κ1) is 30.1. The van der Waals surface area contributed by atoms with Gasteiger partial charge in [0.15, 0.2) is 0 Å². The fourth-order valence-electron chi connectivity index (χ4n) is 5.78. The lowest BCUT2D eigenvalue weighted by molar-refractivity contribution is -0.124. The number of piperazine rings is 1. The number of carbonyl (C=O) groups is 4. The van der Waals surface area contributed by atoms with E-state index >= 15 is 4.39 Å². The maximum Gasteiger partial charge on any atom is 0.262 e. The fourth-order valence-corrected chi connectivity index (χ4v) is 6.82. The Morgan fingerprint density at radius 3 is 2.43 bits per heavy atom. The van der Waals surface area contributed by atoms with Crippen LogP contribution in [0.5, 0.6) is 0 Å². The van der Waals surface area contributed by atoms with Crippen LogP contribution in [0.25, 0.3) is 0 Å². The highest BCUT2D eigenvalue weighted by atomic mass is 32.2. The number of nitrogens with one attached hydrogen (secondary N) is 1. The second-order valence-electron chi connectivity index (χ2n) is 11.0. The van der Waals surface area contributed by atoms with Crippen molar-refractivity contribution in [1.29, 1.82) is 0 Å². The number of nitrogens with zero attached hydrogens (tertiary/aromatic N) is 4. The molecule has 0 radical (unpaired) electrons. The smallest absolute Gasteiger partial charge is 0.262 e. The van der Waals surface area contributed by atoms with Crippen LogP contribution < -0.4 is 16.0 Å². The molecule has 3 aliphatic heterocycles. The summed E-state index contributed by atoms with van der Waals surface area (Å²) in [5, 5.41) is 2.44. The van der Waals surface area contributed by atoms with E-state index in [2.05, 4.69) is 38.8 Å². The molecule has 3 amide bonds. The monoisotopic (exact) mass is 596 g/mol. The molecule has 2 aromatic carbocycles. The summed E-state index contributed by atoms with van der Waals surface area (Å²) in [4.78, 5) is 56.0. The number of aldehydes is 1. The van der Waals surface area contributed by atoms with Crippen LogP contribution in [0, 0.1) is 5.82 Å². The van der Waals surface area contributed by atoms with E-state index in [9.17, 15) is 19.2 Å². The first-order chi connectivity index (χ1) is 20.3. The molecule has 10 nitrogen and oxygen atoms in total. The molecule has 1 atom stereocenters. The van der Waals surface area contributed by atoms with Crippen molar-refractivity contribution >= 4 is 41.6 Å². The summed E-state index contributed by atoms with van der Waals surface area (Å²) in [5.74, 6) is -2.52. The van der Waals surface area contributed by atoms with Crippen LogP contribution in [0.1, 0.15) is 52.0 Å². The van der Waals surface area contributed by atoms with E-state index in [1.807, 2.05) is 4.90 Å². The summed E-state index contributed by atoms with van der Waals surface area (Å²) in [5.41, 5.74) is 7.53. The topological polar surface area (TPSA) is 119 Å². The first-order valence-corrected chi connectivity index (χ1v) is 15.2. The Bertz CT molecular complexity index is 1340. The van der Waals surface area contributed by atoms with Gasteiger partial charge in [-0.05, 0) is 61.0 Å². The molecule has 3 N–H and O–H groups in total. The Kier molecular flexibility index (Phi) is 9.57. The summed E-state index contributed by atoms with van der Waals surface area (Å²) in [7, 11) is 1.40. The number of hydrogen-bond acceptors (Lipinski definition) is 9. The predicted molar refractivity (Wildman–Crippen MR) is 159 cm³/mol. The Hall–Kier alpha value is -3.32. The van der Waals surface area contributed by atoms with E-state index in [1.165, 1.54) is 23.6 Å². The minimum absolute atomic E-state index is 0.000494. The molecule has 12 heteroatoms. The number of piperidine rings is 1. The van der Waals surface area contributed by atoms with E-state index in [4.69, 9.17) is 5.73 Å². The maximum absolute atomic E-state index is 15.3. The Balaban J connectivity index is 1.22. The molecule has 0 aromatic heterocycles. The SMILES string of the molecule is CNC(=O)C(CCC=O)N1C(=O)c2cc(F)c(N3CCN(Cc4cccc(SN5CCC(N)CC5)c4)CC3)cc2C1=O. The molecule has 3 aliphatic rings. The van der Waals surface area contributed by atoms with Crippen molar-refractivity contribution in [2.45, 2.75) is 49.2 Å². The fraction of sp³-hybridized carbons (Fsp3) is 0.467. The number of benzene rings is 2. The molecular weight excluding hydrogens is 559 g/mol. The maximum atomic E-state index is 15.3. The third-order valence-electron chi connectivity index (χ3n) is 8.15. The zero-order chi connectivity index (χ0) is 29.8. The number of likely N-dealkylation sites (N-methyl/N-ethyl adjacent to an activating group) is 1. The van der Waals surface area contributed by atoms with Gasteiger partial charge in [-0.2, -0.15) is 0 Å². The molecule has 42 heavy (non-hydrogen) atoms. The van der Waals surface area contributed by atoms with Crippen LogP contribution in [0.3, 0.4) is 0 Å². The van der Waals surface area contributed by atoms with Crippen LogP contribution in [-0.4, -0.2) is 96.5 Å². The van der Waals surface area contributed by atoms with Crippen LogP contribution in [0.4, 0.5) is 10.1 Å². The lowest BCUT2D eigenvalue weighted by Crippen LogP contribution is -2.48. The second kappa shape index (κ2) is 13.3. The number of nitrogens with two attached hydrogens (primary N) is 1. The Morgan fingerprint density at radius 2 is 1.76 bits per heavy atom. The normalized spacial score (nSPS) is 19.2. The van der Waals surface area contributed by atoms with Gasteiger partial charge in [-0.15, -0.1) is 0 Å². The van der Waals surface area contributed by atoms with Crippen molar-refractivity contribution in [3.63, 3.8) is 0 Å². The van der Waals surface area contributed by atoms with Crippen LogP contribution >= 0.6 is 11.9 Å². The summed E-state index contributed by atoms with van der Waals surface area (Å²) in [6.45, 7) is 5.30. The molecule has 2 saturated heterocycles. The van der Waals surface area contributed by atoms with Crippen LogP contribution in [-0.2, 0) is 16.1 Å².